The molecule has 5 rings (SSSR count). The van der Waals surface area contributed by atoms with E-state index in [0.29, 0.717) is 11.7 Å². The van der Waals surface area contributed by atoms with E-state index in [4.69, 9.17) is 9.84 Å². The van der Waals surface area contributed by atoms with Crippen LogP contribution < -0.4 is 4.90 Å². The summed E-state index contributed by atoms with van der Waals surface area (Å²) in [5.74, 6) is 0.460. The molecule has 4 aromatic rings. The van der Waals surface area contributed by atoms with Gasteiger partial charge in [-0.2, -0.15) is 5.10 Å². The highest BCUT2D eigenvalue weighted by Gasteiger charge is 2.34. The molecule has 204 valence electrons. The largest absolute Gasteiger partial charge is 0.462 e. The van der Waals surface area contributed by atoms with Crippen molar-refractivity contribution in [2.45, 2.75) is 66.3 Å². The molecule has 0 N–H and O–H groups in total. The van der Waals surface area contributed by atoms with E-state index in [9.17, 15) is 9.59 Å². The number of amides is 1. The van der Waals surface area contributed by atoms with Crippen LogP contribution in [0.2, 0.25) is 0 Å². The monoisotopic (exact) mass is 528 g/mol. The average Bonchev–Trinajstić information content (AvgIpc) is 3.54. The van der Waals surface area contributed by atoms with Crippen molar-refractivity contribution in [3.05, 3.63) is 60.0 Å². The minimum absolute atomic E-state index is 0.0266. The summed E-state index contributed by atoms with van der Waals surface area (Å²) in [6.45, 7) is 10.1. The van der Waals surface area contributed by atoms with E-state index in [1.54, 1.807) is 27.2 Å². The Bertz CT molecular complexity index is 1480. The number of aryl methyl sites for hydroxylation is 1. The third-order valence-electron chi connectivity index (χ3n) is 7.41. The first-order chi connectivity index (χ1) is 18.7. The van der Waals surface area contributed by atoms with Gasteiger partial charge in [0.15, 0.2) is 11.5 Å². The number of fused-ring (bicyclic) bond motifs is 1. The number of hydrogen-bond donors (Lipinski definition) is 0. The summed E-state index contributed by atoms with van der Waals surface area (Å²) in [5.41, 5.74) is 4.61. The molecule has 0 aliphatic heterocycles. The van der Waals surface area contributed by atoms with E-state index in [1.165, 1.54) is 0 Å². The molecule has 0 bridgehead atoms. The first-order valence-electron chi connectivity index (χ1n) is 13.8. The number of esters is 1. The van der Waals surface area contributed by atoms with Gasteiger partial charge in [0.2, 0.25) is 5.91 Å². The molecule has 39 heavy (non-hydrogen) atoms. The summed E-state index contributed by atoms with van der Waals surface area (Å²) < 4.78 is 8.77. The van der Waals surface area contributed by atoms with Gasteiger partial charge in [-0.15, -0.1) is 5.10 Å². The van der Waals surface area contributed by atoms with E-state index in [1.807, 2.05) is 63.5 Å². The highest BCUT2D eigenvalue weighted by atomic mass is 16.5. The predicted octanol–water partition coefficient (Wildman–Crippen LogP) is 5.63. The maximum Gasteiger partial charge on any atom is 0.343 e. The average molecular weight is 529 g/mol. The van der Waals surface area contributed by atoms with Crippen LogP contribution in [0.3, 0.4) is 0 Å². The lowest BCUT2D eigenvalue weighted by Crippen LogP contribution is -2.43. The second-order valence-corrected chi connectivity index (χ2v) is 10.8. The third kappa shape index (κ3) is 5.44. The van der Waals surface area contributed by atoms with Gasteiger partial charge in [0.1, 0.15) is 5.56 Å². The van der Waals surface area contributed by atoms with Gasteiger partial charge in [-0.1, -0.05) is 19.1 Å². The molecule has 3 heterocycles. The molecule has 0 spiro atoms. The number of carbonyl (C=O) groups is 2. The lowest BCUT2D eigenvalue weighted by atomic mass is 9.82. The Morgan fingerprint density at radius 3 is 2.46 bits per heavy atom. The van der Waals surface area contributed by atoms with Crippen LogP contribution in [0.1, 0.15) is 69.3 Å². The van der Waals surface area contributed by atoms with Crippen LogP contribution in [0.25, 0.3) is 22.6 Å². The number of carbonyl (C=O) groups excluding carboxylic acids is 2. The van der Waals surface area contributed by atoms with E-state index < -0.39 is 5.97 Å². The number of anilines is 1. The first-order valence-corrected chi connectivity index (χ1v) is 13.8. The van der Waals surface area contributed by atoms with Crippen molar-refractivity contribution in [3.63, 3.8) is 0 Å². The molecule has 3 aromatic heterocycles. The van der Waals surface area contributed by atoms with Crippen LogP contribution >= 0.6 is 0 Å². The van der Waals surface area contributed by atoms with Crippen molar-refractivity contribution in [1.29, 1.82) is 0 Å². The quantitative estimate of drug-likeness (QED) is 0.288. The molecule has 9 heteroatoms. The van der Waals surface area contributed by atoms with E-state index >= 15 is 0 Å². The third-order valence-corrected chi connectivity index (χ3v) is 7.41. The molecule has 1 fully saturated rings. The van der Waals surface area contributed by atoms with Gasteiger partial charge in [0.25, 0.3) is 0 Å². The number of benzene rings is 1. The fourth-order valence-corrected chi connectivity index (χ4v) is 5.23. The topological polar surface area (TPSA) is 94.6 Å². The summed E-state index contributed by atoms with van der Waals surface area (Å²) in [6, 6.07) is 9.55. The zero-order chi connectivity index (χ0) is 27.7. The van der Waals surface area contributed by atoms with Crippen LogP contribution in [0.4, 0.5) is 5.82 Å². The van der Waals surface area contributed by atoms with Gasteiger partial charge in [-0.3, -0.25) is 9.69 Å². The fourth-order valence-electron chi connectivity index (χ4n) is 5.23. The van der Waals surface area contributed by atoms with Gasteiger partial charge in [0.05, 0.1) is 18.0 Å². The Kier molecular flexibility index (Phi) is 7.50. The van der Waals surface area contributed by atoms with Crippen molar-refractivity contribution >= 4 is 23.3 Å². The Balaban J connectivity index is 1.48. The summed E-state index contributed by atoms with van der Waals surface area (Å²) in [5, 5.41) is 9.42. The first kappa shape index (κ1) is 26.6. The molecular formula is C30H36N6O3. The highest BCUT2D eigenvalue weighted by molar-refractivity contribution is 6.02. The second kappa shape index (κ2) is 11.0. The minimum Gasteiger partial charge on any atom is -0.462 e. The van der Waals surface area contributed by atoms with Crippen molar-refractivity contribution in [2.75, 3.05) is 11.5 Å². The standard InChI is InChI=1S/C30H36N6O3/c1-6-39-30(38)25-18-34(33-28(25)36(19(2)3)29(37)23-9-7-20(4)8-10-23)24-13-11-22(12-14-24)26-15-27-31-16-21(5)17-35(27)32-26/h11-20,23H,6-10H2,1-5H3. The number of ether oxygens (including phenoxy) is 1. The maximum absolute atomic E-state index is 13.7. The lowest BCUT2D eigenvalue weighted by Gasteiger charge is -2.32. The van der Waals surface area contributed by atoms with Crippen molar-refractivity contribution in [1.82, 2.24) is 24.4 Å². The summed E-state index contributed by atoms with van der Waals surface area (Å²) in [7, 11) is 0. The van der Waals surface area contributed by atoms with Gasteiger partial charge in [0, 0.05) is 42.2 Å². The van der Waals surface area contributed by atoms with Gasteiger partial charge in [-0.05, 0) is 77.0 Å². The molecule has 1 aliphatic rings. The van der Waals surface area contributed by atoms with Crippen LogP contribution in [0.5, 0.6) is 0 Å². The maximum atomic E-state index is 13.7. The Morgan fingerprint density at radius 1 is 1.08 bits per heavy atom. The van der Waals surface area contributed by atoms with Gasteiger partial charge in [-0.25, -0.2) is 19.0 Å². The van der Waals surface area contributed by atoms with E-state index in [2.05, 4.69) is 17.0 Å². The Labute approximate surface area is 228 Å². The van der Waals surface area contributed by atoms with Crippen LogP contribution in [-0.4, -0.2) is 48.9 Å². The van der Waals surface area contributed by atoms with Crippen LogP contribution in [-0.2, 0) is 9.53 Å². The normalized spacial score (nSPS) is 17.5. The lowest BCUT2D eigenvalue weighted by molar-refractivity contribution is -0.124. The zero-order valence-electron chi connectivity index (χ0n) is 23.3. The van der Waals surface area contributed by atoms with E-state index in [-0.39, 0.29) is 30.0 Å². The summed E-state index contributed by atoms with van der Waals surface area (Å²) in [6.07, 6.45) is 9.21. The number of rotatable bonds is 7. The Morgan fingerprint density at radius 2 is 1.79 bits per heavy atom. The molecule has 1 saturated carbocycles. The molecule has 0 atom stereocenters. The number of nitrogens with zero attached hydrogens (tertiary/aromatic N) is 6. The Hall–Kier alpha value is -4.01. The van der Waals surface area contributed by atoms with Crippen LogP contribution in [0.15, 0.2) is 48.9 Å². The molecule has 0 radical (unpaired) electrons. The SMILES string of the molecule is CCOC(=O)c1cn(-c2ccc(-c3cc4ncc(C)cn4n3)cc2)nc1N(C(=O)C1CCC(C)CC1)C(C)C. The fraction of sp³-hybridized carbons (Fsp3) is 0.433. The van der Waals surface area contributed by atoms with Crippen molar-refractivity contribution < 1.29 is 14.3 Å². The van der Waals surface area contributed by atoms with Gasteiger partial charge >= 0.3 is 5.97 Å². The predicted molar refractivity (Wildman–Crippen MR) is 150 cm³/mol. The van der Waals surface area contributed by atoms with Crippen LogP contribution in [0, 0.1) is 18.8 Å². The molecule has 1 aliphatic carbocycles. The smallest absolute Gasteiger partial charge is 0.343 e. The summed E-state index contributed by atoms with van der Waals surface area (Å²) in [4.78, 5) is 32.8. The number of aromatic nitrogens is 5. The highest BCUT2D eigenvalue weighted by Crippen LogP contribution is 2.33. The number of hydrogen-bond acceptors (Lipinski definition) is 6. The molecule has 0 saturated heterocycles. The van der Waals surface area contributed by atoms with Crippen molar-refractivity contribution in [3.8, 4) is 16.9 Å². The van der Waals surface area contributed by atoms with E-state index in [0.717, 1.165) is 53.8 Å². The molecular weight excluding hydrogens is 492 g/mol. The molecule has 1 aromatic carbocycles. The zero-order valence-corrected chi connectivity index (χ0v) is 23.3. The summed E-state index contributed by atoms with van der Waals surface area (Å²) >= 11 is 0. The van der Waals surface area contributed by atoms with Crippen molar-refractivity contribution in [2.24, 2.45) is 11.8 Å². The minimum atomic E-state index is -0.487. The molecule has 9 nitrogen and oxygen atoms in total. The molecule has 1 amide bonds. The van der Waals surface area contributed by atoms with Gasteiger partial charge < -0.3 is 4.74 Å². The second-order valence-electron chi connectivity index (χ2n) is 10.8. The molecule has 0 unspecified atom stereocenters.